The third-order valence-electron chi connectivity index (χ3n) is 3.81. The van der Waals surface area contributed by atoms with E-state index in [0.29, 0.717) is 24.8 Å². The van der Waals surface area contributed by atoms with Crippen LogP contribution in [0.2, 0.25) is 0 Å². The maximum atomic E-state index is 12.6. The molecule has 116 valence electrons. The second kappa shape index (κ2) is 6.64. The summed E-state index contributed by atoms with van der Waals surface area (Å²) >= 11 is 3.43. The van der Waals surface area contributed by atoms with Gasteiger partial charge in [0.15, 0.2) is 0 Å². The Morgan fingerprint density at radius 3 is 2.48 bits per heavy atom. The highest BCUT2D eigenvalue weighted by molar-refractivity contribution is 9.10. The zero-order valence-electron chi connectivity index (χ0n) is 12.8. The zero-order valence-corrected chi connectivity index (χ0v) is 14.4. The van der Waals surface area contributed by atoms with Gasteiger partial charge in [-0.3, -0.25) is 9.59 Å². The molecule has 1 aromatic heterocycles. The highest BCUT2D eigenvalue weighted by atomic mass is 79.9. The van der Waals surface area contributed by atoms with Crippen LogP contribution in [-0.2, 0) is 4.79 Å². The maximum Gasteiger partial charge on any atom is 0.270 e. The van der Waals surface area contributed by atoms with Gasteiger partial charge in [-0.25, -0.2) is 0 Å². The normalized spacial score (nSPS) is 14.1. The van der Waals surface area contributed by atoms with Gasteiger partial charge < -0.3 is 14.4 Å². The molecule has 5 nitrogen and oxygen atoms in total. The standard InChI is InChI=1S/C15H22BrN3O2/c1-4-18(5-2)14(20)10-17(3)15(21)13-8-11(16)9-19(13)12-6-7-12/h8-9,12H,4-7,10H2,1-3H3. The van der Waals surface area contributed by atoms with Crippen LogP contribution in [0, 0.1) is 0 Å². The Morgan fingerprint density at radius 2 is 1.95 bits per heavy atom. The molecule has 1 saturated carbocycles. The largest absolute Gasteiger partial charge is 0.342 e. The van der Waals surface area contributed by atoms with Gasteiger partial charge in [-0.15, -0.1) is 0 Å². The minimum atomic E-state index is -0.104. The highest BCUT2D eigenvalue weighted by Gasteiger charge is 2.29. The van der Waals surface area contributed by atoms with Crippen LogP contribution in [-0.4, -0.2) is 52.9 Å². The first-order chi connectivity index (χ1) is 9.97. The second-order valence-electron chi connectivity index (χ2n) is 5.41. The van der Waals surface area contributed by atoms with Crippen molar-refractivity contribution in [1.29, 1.82) is 0 Å². The lowest BCUT2D eigenvalue weighted by Crippen LogP contribution is -2.41. The van der Waals surface area contributed by atoms with Crippen molar-refractivity contribution in [3.63, 3.8) is 0 Å². The average Bonchev–Trinajstić information content (AvgIpc) is 3.22. The van der Waals surface area contributed by atoms with E-state index in [4.69, 9.17) is 0 Å². The lowest BCUT2D eigenvalue weighted by molar-refractivity contribution is -0.131. The molecular formula is C15H22BrN3O2. The molecule has 6 heteroatoms. The van der Waals surface area contributed by atoms with Crippen LogP contribution in [0.4, 0.5) is 0 Å². The van der Waals surface area contributed by atoms with Gasteiger partial charge in [0.05, 0.1) is 6.54 Å². The van der Waals surface area contributed by atoms with E-state index in [1.165, 1.54) is 4.90 Å². The zero-order chi connectivity index (χ0) is 15.6. The number of halogens is 1. The number of carbonyl (C=O) groups is 2. The first kappa shape index (κ1) is 16.1. The third kappa shape index (κ3) is 3.67. The Hall–Kier alpha value is -1.30. The fourth-order valence-corrected chi connectivity index (χ4v) is 2.86. The van der Waals surface area contributed by atoms with E-state index < -0.39 is 0 Å². The van der Waals surface area contributed by atoms with Crippen molar-refractivity contribution in [1.82, 2.24) is 14.4 Å². The molecule has 1 fully saturated rings. The summed E-state index contributed by atoms with van der Waals surface area (Å²) < 4.78 is 2.92. The number of hydrogen-bond donors (Lipinski definition) is 0. The first-order valence-corrected chi connectivity index (χ1v) is 8.17. The third-order valence-corrected chi connectivity index (χ3v) is 4.24. The number of amides is 2. The van der Waals surface area contributed by atoms with Crippen LogP contribution < -0.4 is 0 Å². The van der Waals surface area contributed by atoms with Crippen LogP contribution >= 0.6 is 15.9 Å². The lowest BCUT2D eigenvalue weighted by Gasteiger charge is -2.23. The molecule has 0 atom stereocenters. The van der Waals surface area contributed by atoms with Gasteiger partial charge in [0, 0.05) is 36.8 Å². The van der Waals surface area contributed by atoms with Crippen LogP contribution in [0.5, 0.6) is 0 Å². The molecule has 1 heterocycles. The first-order valence-electron chi connectivity index (χ1n) is 7.38. The summed E-state index contributed by atoms with van der Waals surface area (Å²) in [6, 6.07) is 2.26. The van der Waals surface area contributed by atoms with Crippen molar-refractivity contribution in [2.75, 3.05) is 26.7 Å². The molecule has 0 unspecified atom stereocenters. The van der Waals surface area contributed by atoms with Crippen LogP contribution in [0.3, 0.4) is 0 Å². The average molecular weight is 356 g/mol. The Morgan fingerprint density at radius 1 is 1.33 bits per heavy atom. The van der Waals surface area contributed by atoms with Gasteiger partial charge in [0.25, 0.3) is 5.91 Å². The second-order valence-corrected chi connectivity index (χ2v) is 6.32. The number of carbonyl (C=O) groups excluding carboxylic acids is 2. The summed E-state index contributed by atoms with van der Waals surface area (Å²) in [6.45, 7) is 5.34. The smallest absolute Gasteiger partial charge is 0.270 e. The predicted octanol–water partition coefficient (Wildman–Crippen LogP) is 2.53. The summed E-state index contributed by atoms with van der Waals surface area (Å²) in [6.07, 6.45) is 4.18. The Balaban J connectivity index is 2.07. The number of nitrogens with zero attached hydrogens (tertiary/aromatic N) is 3. The Bertz CT molecular complexity index is 533. The molecular weight excluding hydrogens is 334 g/mol. The molecule has 0 aromatic carbocycles. The SMILES string of the molecule is CCN(CC)C(=O)CN(C)C(=O)c1cc(Br)cn1C1CC1. The number of aromatic nitrogens is 1. The Labute approximate surface area is 134 Å². The number of hydrogen-bond acceptors (Lipinski definition) is 2. The van der Waals surface area contributed by atoms with Gasteiger partial charge in [-0.1, -0.05) is 0 Å². The van der Waals surface area contributed by atoms with Gasteiger partial charge in [-0.2, -0.15) is 0 Å². The molecule has 0 saturated heterocycles. The fourth-order valence-electron chi connectivity index (χ4n) is 2.42. The molecule has 21 heavy (non-hydrogen) atoms. The van der Waals surface area contributed by atoms with Crippen molar-refractivity contribution < 1.29 is 9.59 Å². The Kier molecular flexibility index (Phi) is 5.08. The molecule has 1 aliphatic rings. The van der Waals surface area contributed by atoms with Crippen LogP contribution in [0.15, 0.2) is 16.7 Å². The minimum Gasteiger partial charge on any atom is -0.342 e. The van der Waals surface area contributed by atoms with Gasteiger partial charge in [-0.05, 0) is 48.7 Å². The summed E-state index contributed by atoms with van der Waals surface area (Å²) in [5.74, 6) is -0.118. The quantitative estimate of drug-likeness (QED) is 0.786. The summed E-state index contributed by atoms with van der Waals surface area (Å²) in [7, 11) is 1.68. The van der Waals surface area contributed by atoms with Gasteiger partial charge in [0.2, 0.25) is 5.91 Å². The molecule has 2 amide bonds. The number of likely N-dealkylation sites (N-methyl/N-ethyl adjacent to an activating group) is 2. The molecule has 1 aliphatic carbocycles. The van der Waals surface area contributed by atoms with Crippen molar-refractivity contribution in [3.05, 3.63) is 22.4 Å². The molecule has 0 spiro atoms. The van der Waals surface area contributed by atoms with Crippen LogP contribution in [0.1, 0.15) is 43.2 Å². The molecule has 0 N–H and O–H groups in total. The maximum absolute atomic E-state index is 12.6. The lowest BCUT2D eigenvalue weighted by atomic mass is 10.3. The number of rotatable bonds is 6. The van der Waals surface area contributed by atoms with Crippen molar-refractivity contribution in [2.24, 2.45) is 0 Å². The predicted molar refractivity (Wildman–Crippen MR) is 85.3 cm³/mol. The molecule has 0 bridgehead atoms. The molecule has 0 radical (unpaired) electrons. The van der Waals surface area contributed by atoms with Crippen LogP contribution in [0.25, 0.3) is 0 Å². The van der Waals surface area contributed by atoms with E-state index in [-0.39, 0.29) is 18.4 Å². The summed E-state index contributed by atoms with van der Waals surface area (Å²) in [4.78, 5) is 27.9. The minimum absolute atomic E-state index is 0.0144. The van der Waals surface area contributed by atoms with Gasteiger partial charge in [0.1, 0.15) is 5.69 Å². The van der Waals surface area contributed by atoms with Crippen molar-refractivity contribution >= 4 is 27.7 Å². The van der Waals surface area contributed by atoms with Gasteiger partial charge >= 0.3 is 0 Å². The highest BCUT2D eigenvalue weighted by Crippen LogP contribution is 2.37. The molecule has 1 aromatic rings. The van der Waals surface area contributed by atoms with E-state index in [9.17, 15) is 9.59 Å². The van der Waals surface area contributed by atoms with E-state index in [2.05, 4.69) is 15.9 Å². The molecule has 2 rings (SSSR count). The van der Waals surface area contributed by atoms with Crippen molar-refractivity contribution in [3.8, 4) is 0 Å². The summed E-state index contributed by atoms with van der Waals surface area (Å²) in [5, 5.41) is 0. The summed E-state index contributed by atoms with van der Waals surface area (Å²) in [5.41, 5.74) is 0.652. The van der Waals surface area contributed by atoms with Crippen molar-refractivity contribution in [2.45, 2.75) is 32.7 Å². The topological polar surface area (TPSA) is 45.6 Å². The molecule has 0 aliphatic heterocycles. The fraction of sp³-hybridized carbons (Fsp3) is 0.600. The monoisotopic (exact) mass is 355 g/mol. The van der Waals surface area contributed by atoms with E-state index in [1.807, 2.05) is 30.7 Å². The van der Waals surface area contributed by atoms with E-state index in [1.54, 1.807) is 11.9 Å². The van der Waals surface area contributed by atoms with E-state index in [0.717, 1.165) is 17.3 Å². The van der Waals surface area contributed by atoms with E-state index >= 15 is 0 Å².